The molecule has 1 aromatic heterocycles. The van der Waals surface area contributed by atoms with Crippen molar-refractivity contribution in [2.75, 3.05) is 38.5 Å². The average Bonchev–Trinajstić information content (AvgIpc) is 2.73. The summed E-state index contributed by atoms with van der Waals surface area (Å²) in [4.78, 5) is 10.5. The summed E-state index contributed by atoms with van der Waals surface area (Å²) in [5, 5.41) is 0.679. The van der Waals surface area contributed by atoms with Gasteiger partial charge in [-0.05, 0) is 18.4 Å². The van der Waals surface area contributed by atoms with Crippen molar-refractivity contribution in [2.45, 2.75) is 33.7 Å². The summed E-state index contributed by atoms with van der Waals surface area (Å²) in [6.07, 6.45) is 3.18. The Labute approximate surface area is 120 Å². The van der Waals surface area contributed by atoms with Gasteiger partial charge in [0.15, 0.2) is 5.13 Å². The number of nitrogens with zero attached hydrogens (tertiary/aromatic N) is 3. The molecule has 19 heavy (non-hydrogen) atoms. The lowest BCUT2D eigenvalue weighted by molar-refractivity contribution is 0.117. The molecule has 0 unspecified atom stereocenters. The monoisotopic (exact) mass is 282 g/mol. The third kappa shape index (κ3) is 5.09. The molecule has 0 saturated carbocycles. The van der Waals surface area contributed by atoms with Crippen LogP contribution in [0.4, 0.5) is 5.13 Å². The van der Waals surface area contributed by atoms with Gasteiger partial charge < -0.3 is 10.6 Å². The van der Waals surface area contributed by atoms with E-state index in [0.29, 0.717) is 10.5 Å². The molecule has 0 amide bonds. The second-order valence-electron chi connectivity index (χ2n) is 6.59. The van der Waals surface area contributed by atoms with E-state index in [1.165, 1.54) is 30.9 Å². The minimum absolute atomic E-state index is 0.442. The summed E-state index contributed by atoms with van der Waals surface area (Å²) in [7, 11) is 0. The molecule has 1 aliphatic heterocycles. The number of nitrogen functional groups attached to an aromatic ring is 1. The fraction of sp³-hybridized carbons (Fsp3) is 0.786. The highest BCUT2D eigenvalue weighted by atomic mass is 32.1. The molecule has 2 rings (SSSR count). The number of hydrogen-bond donors (Lipinski definition) is 1. The van der Waals surface area contributed by atoms with E-state index in [1.807, 2.05) is 6.20 Å². The molecular weight excluding hydrogens is 256 g/mol. The van der Waals surface area contributed by atoms with Crippen molar-refractivity contribution in [1.29, 1.82) is 0 Å². The van der Waals surface area contributed by atoms with E-state index in [0.717, 1.165) is 19.6 Å². The number of nitrogens with two attached hydrogens (primary N) is 1. The van der Waals surface area contributed by atoms with Crippen LogP contribution in [0.5, 0.6) is 0 Å². The predicted octanol–water partition coefficient (Wildman–Crippen LogP) is 2.28. The van der Waals surface area contributed by atoms with Crippen LogP contribution in [0.3, 0.4) is 0 Å². The van der Waals surface area contributed by atoms with Gasteiger partial charge in [-0.3, -0.25) is 4.90 Å². The van der Waals surface area contributed by atoms with Crippen LogP contribution in [0.15, 0.2) is 6.20 Å². The van der Waals surface area contributed by atoms with Crippen molar-refractivity contribution in [2.24, 2.45) is 5.41 Å². The molecule has 0 radical (unpaired) electrons. The van der Waals surface area contributed by atoms with Crippen LogP contribution in [0.25, 0.3) is 0 Å². The van der Waals surface area contributed by atoms with Gasteiger partial charge in [-0.1, -0.05) is 20.8 Å². The number of aromatic nitrogens is 1. The Morgan fingerprint density at radius 2 is 1.84 bits per heavy atom. The van der Waals surface area contributed by atoms with Gasteiger partial charge in [0, 0.05) is 43.8 Å². The average molecular weight is 282 g/mol. The zero-order chi connectivity index (χ0) is 13.9. The summed E-state index contributed by atoms with van der Waals surface area (Å²) < 4.78 is 0. The first-order chi connectivity index (χ1) is 8.92. The number of piperazine rings is 1. The third-order valence-corrected chi connectivity index (χ3v) is 4.41. The molecule has 4 nitrogen and oxygen atoms in total. The standard InChI is InChI=1S/C14H26N4S/c1-14(2,3)4-5-17-6-8-18(9-7-17)11-12-10-16-13(15)19-12/h10H,4-9,11H2,1-3H3,(H2,15,16). The Morgan fingerprint density at radius 1 is 1.21 bits per heavy atom. The number of thiazole rings is 1. The normalized spacial score (nSPS) is 18.9. The second-order valence-corrected chi connectivity index (χ2v) is 7.74. The molecule has 1 saturated heterocycles. The van der Waals surface area contributed by atoms with Crippen molar-refractivity contribution < 1.29 is 0 Å². The summed E-state index contributed by atoms with van der Waals surface area (Å²) in [5.74, 6) is 0. The van der Waals surface area contributed by atoms with Crippen LogP contribution in [-0.4, -0.2) is 47.5 Å². The molecule has 2 N–H and O–H groups in total. The highest BCUT2D eigenvalue weighted by molar-refractivity contribution is 7.15. The van der Waals surface area contributed by atoms with Gasteiger partial charge in [-0.25, -0.2) is 4.98 Å². The van der Waals surface area contributed by atoms with Crippen LogP contribution in [0.2, 0.25) is 0 Å². The Bertz CT molecular complexity index is 388. The van der Waals surface area contributed by atoms with Gasteiger partial charge in [0.1, 0.15) is 0 Å². The van der Waals surface area contributed by atoms with Crippen LogP contribution < -0.4 is 5.73 Å². The minimum atomic E-state index is 0.442. The fourth-order valence-corrected chi connectivity index (χ4v) is 3.01. The first kappa shape index (κ1) is 14.8. The largest absolute Gasteiger partial charge is 0.375 e. The first-order valence-corrected chi connectivity index (χ1v) is 7.89. The predicted molar refractivity (Wildman–Crippen MR) is 82.3 cm³/mol. The molecule has 2 heterocycles. The van der Waals surface area contributed by atoms with Gasteiger partial charge in [0.25, 0.3) is 0 Å². The SMILES string of the molecule is CC(C)(C)CCN1CCN(Cc2cnc(N)s2)CC1. The zero-order valence-corrected chi connectivity index (χ0v) is 13.2. The van der Waals surface area contributed by atoms with E-state index in [4.69, 9.17) is 5.73 Å². The lowest BCUT2D eigenvalue weighted by Gasteiger charge is -2.35. The number of hydrogen-bond acceptors (Lipinski definition) is 5. The maximum Gasteiger partial charge on any atom is 0.180 e. The van der Waals surface area contributed by atoms with Gasteiger partial charge in [-0.2, -0.15) is 0 Å². The van der Waals surface area contributed by atoms with Crippen molar-refractivity contribution in [3.63, 3.8) is 0 Å². The molecule has 108 valence electrons. The van der Waals surface area contributed by atoms with Gasteiger partial charge >= 0.3 is 0 Å². The topological polar surface area (TPSA) is 45.4 Å². The van der Waals surface area contributed by atoms with Crippen LogP contribution >= 0.6 is 11.3 Å². The lowest BCUT2D eigenvalue weighted by atomic mass is 9.92. The summed E-state index contributed by atoms with van der Waals surface area (Å²) in [5.41, 5.74) is 6.11. The molecule has 0 aliphatic carbocycles. The summed E-state index contributed by atoms with van der Waals surface area (Å²) in [6.45, 7) is 13.9. The number of rotatable bonds is 4. The molecular formula is C14H26N4S. The molecule has 5 heteroatoms. The lowest BCUT2D eigenvalue weighted by Crippen LogP contribution is -2.46. The second kappa shape index (κ2) is 6.20. The molecule has 1 fully saturated rings. The minimum Gasteiger partial charge on any atom is -0.375 e. The first-order valence-electron chi connectivity index (χ1n) is 7.07. The van der Waals surface area contributed by atoms with Gasteiger partial charge in [0.05, 0.1) is 0 Å². The molecule has 0 bridgehead atoms. The van der Waals surface area contributed by atoms with Crippen LogP contribution in [0, 0.1) is 5.41 Å². The molecule has 0 spiro atoms. The van der Waals surface area contributed by atoms with E-state index in [1.54, 1.807) is 11.3 Å². The quantitative estimate of drug-likeness (QED) is 0.920. The molecule has 1 aliphatic rings. The van der Waals surface area contributed by atoms with Crippen molar-refractivity contribution in [3.05, 3.63) is 11.1 Å². The molecule has 0 atom stereocenters. The van der Waals surface area contributed by atoms with E-state index in [2.05, 4.69) is 35.6 Å². The maximum absolute atomic E-state index is 5.67. The third-order valence-electron chi connectivity index (χ3n) is 3.59. The van der Waals surface area contributed by atoms with Crippen molar-refractivity contribution in [1.82, 2.24) is 14.8 Å². The van der Waals surface area contributed by atoms with Gasteiger partial charge in [-0.15, -0.1) is 11.3 Å². The smallest absolute Gasteiger partial charge is 0.180 e. The van der Waals surface area contributed by atoms with Crippen LogP contribution in [-0.2, 0) is 6.54 Å². The Kier molecular flexibility index (Phi) is 4.81. The Hall–Kier alpha value is -0.650. The van der Waals surface area contributed by atoms with Crippen molar-refractivity contribution >= 4 is 16.5 Å². The van der Waals surface area contributed by atoms with E-state index >= 15 is 0 Å². The zero-order valence-electron chi connectivity index (χ0n) is 12.4. The highest BCUT2D eigenvalue weighted by Crippen LogP contribution is 2.20. The van der Waals surface area contributed by atoms with Crippen molar-refractivity contribution in [3.8, 4) is 0 Å². The number of anilines is 1. The fourth-order valence-electron chi connectivity index (χ4n) is 2.28. The molecule has 1 aromatic rings. The highest BCUT2D eigenvalue weighted by Gasteiger charge is 2.19. The molecule has 0 aromatic carbocycles. The summed E-state index contributed by atoms with van der Waals surface area (Å²) in [6, 6.07) is 0. The maximum atomic E-state index is 5.67. The van der Waals surface area contributed by atoms with Gasteiger partial charge in [0.2, 0.25) is 0 Å². The Morgan fingerprint density at radius 3 is 2.37 bits per heavy atom. The van der Waals surface area contributed by atoms with E-state index in [-0.39, 0.29) is 0 Å². The Balaban J connectivity index is 1.70. The van der Waals surface area contributed by atoms with Crippen LogP contribution in [0.1, 0.15) is 32.1 Å². The van der Waals surface area contributed by atoms with E-state index < -0.39 is 0 Å². The van der Waals surface area contributed by atoms with E-state index in [9.17, 15) is 0 Å². The summed E-state index contributed by atoms with van der Waals surface area (Å²) >= 11 is 1.61.